The highest BCUT2D eigenvalue weighted by molar-refractivity contribution is 7.96. The molecule has 0 bridgehead atoms. The second-order valence-corrected chi connectivity index (χ2v) is 12.1. The van der Waals surface area contributed by atoms with E-state index in [1.807, 2.05) is 23.1 Å². The first-order valence-corrected chi connectivity index (χ1v) is 13.1. The van der Waals surface area contributed by atoms with Crippen LogP contribution in [0.1, 0.15) is 0 Å². The summed E-state index contributed by atoms with van der Waals surface area (Å²) in [4.78, 5) is 8.60. The molecule has 156 valence electrons. The Morgan fingerprint density at radius 2 is 1.66 bits per heavy atom. The van der Waals surface area contributed by atoms with Crippen molar-refractivity contribution < 1.29 is 16.8 Å². The Bertz CT molecular complexity index is 1070. The van der Waals surface area contributed by atoms with E-state index < -0.39 is 31.0 Å². The van der Waals surface area contributed by atoms with Gasteiger partial charge in [-0.05, 0) is 36.4 Å². The molecule has 3 heterocycles. The fourth-order valence-electron chi connectivity index (χ4n) is 4.06. The number of hydrogen-bond acceptors (Lipinski definition) is 7. The van der Waals surface area contributed by atoms with Crippen molar-refractivity contribution in [3.63, 3.8) is 0 Å². The average molecular weight is 456 g/mol. The molecule has 2 saturated heterocycles. The summed E-state index contributed by atoms with van der Waals surface area (Å²) >= 11 is 5.87. The molecule has 0 radical (unpaired) electrons. The number of anilines is 1. The Balaban J connectivity index is 1.55. The van der Waals surface area contributed by atoms with Crippen LogP contribution in [-0.4, -0.2) is 75.7 Å². The van der Waals surface area contributed by atoms with Crippen LogP contribution in [0.15, 0.2) is 53.6 Å². The molecule has 0 saturated carbocycles. The van der Waals surface area contributed by atoms with Crippen molar-refractivity contribution in [1.82, 2.24) is 9.88 Å². The number of benzene rings is 1. The predicted molar refractivity (Wildman–Crippen MR) is 113 cm³/mol. The number of halogens is 1. The first kappa shape index (κ1) is 20.6. The minimum atomic E-state index is -3.80. The van der Waals surface area contributed by atoms with Gasteiger partial charge in [0.15, 0.2) is 19.7 Å². The molecule has 2 atom stereocenters. The smallest absolute Gasteiger partial charge is 0.183 e. The average Bonchev–Trinajstić information content (AvgIpc) is 3.05. The van der Waals surface area contributed by atoms with E-state index in [1.54, 1.807) is 6.20 Å². The number of hydrogen-bond donors (Lipinski definition) is 0. The lowest BCUT2D eigenvalue weighted by molar-refractivity contribution is 0.201. The van der Waals surface area contributed by atoms with E-state index in [1.165, 1.54) is 24.3 Å². The molecule has 0 N–H and O–H groups in total. The van der Waals surface area contributed by atoms with E-state index in [2.05, 4.69) is 9.88 Å². The molecule has 2 aliphatic rings. The van der Waals surface area contributed by atoms with Gasteiger partial charge in [0.1, 0.15) is 5.82 Å². The monoisotopic (exact) mass is 455 g/mol. The lowest BCUT2D eigenvalue weighted by Gasteiger charge is -2.39. The molecule has 1 aromatic heterocycles. The summed E-state index contributed by atoms with van der Waals surface area (Å²) in [7, 11) is -7.23. The van der Waals surface area contributed by atoms with Gasteiger partial charge < -0.3 is 4.90 Å². The van der Waals surface area contributed by atoms with Crippen LogP contribution in [0.3, 0.4) is 0 Å². The van der Waals surface area contributed by atoms with Crippen molar-refractivity contribution >= 4 is 37.1 Å². The fraction of sp³-hybridized carbons (Fsp3) is 0.421. The fourth-order valence-corrected chi connectivity index (χ4v) is 9.01. The topological polar surface area (TPSA) is 87.7 Å². The maximum absolute atomic E-state index is 13.2. The van der Waals surface area contributed by atoms with E-state index in [9.17, 15) is 16.8 Å². The molecule has 0 aliphatic carbocycles. The molecule has 4 rings (SSSR count). The molecule has 7 nitrogen and oxygen atoms in total. The van der Waals surface area contributed by atoms with Gasteiger partial charge >= 0.3 is 0 Å². The van der Waals surface area contributed by atoms with Gasteiger partial charge in [0.25, 0.3) is 0 Å². The lowest BCUT2D eigenvalue weighted by Crippen LogP contribution is -2.55. The van der Waals surface area contributed by atoms with Crippen molar-refractivity contribution in [2.75, 3.05) is 42.6 Å². The molecule has 2 aliphatic heterocycles. The zero-order valence-electron chi connectivity index (χ0n) is 15.7. The first-order valence-electron chi connectivity index (χ1n) is 9.36. The highest BCUT2D eigenvalue weighted by Gasteiger charge is 2.48. The Morgan fingerprint density at radius 1 is 0.966 bits per heavy atom. The third-order valence-corrected chi connectivity index (χ3v) is 9.96. The number of aromatic nitrogens is 1. The number of sulfone groups is 2. The number of piperazine rings is 1. The summed E-state index contributed by atoms with van der Waals surface area (Å²) in [6.07, 6.45) is 1.74. The summed E-state index contributed by atoms with van der Waals surface area (Å²) in [6, 6.07) is 11.1. The summed E-state index contributed by atoms with van der Waals surface area (Å²) in [5, 5.41) is -0.541. The predicted octanol–water partition coefficient (Wildman–Crippen LogP) is 1.50. The van der Waals surface area contributed by atoms with Crippen LogP contribution in [0.4, 0.5) is 5.82 Å². The zero-order chi connectivity index (χ0) is 20.6. The van der Waals surface area contributed by atoms with Crippen LogP contribution < -0.4 is 4.90 Å². The van der Waals surface area contributed by atoms with Crippen LogP contribution in [-0.2, 0) is 19.7 Å². The van der Waals surface area contributed by atoms with Crippen LogP contribution in [0.5, 0.6) is 0 Å². The minimum absolute atomic E-state index is 0.112. The second kappa shape index (κ2) is 7.86. The second-order valence-electron chi connectivity index (χ2n) is 7.39. The van der Waals surface area contributed by atoms with Crippen LogP contribution in [0.2, 0.25) is 5.02 Å². The van der Waals surface area contributed by atoms with E-state index in [0.717, 1.165) is 5.82 Å². The van der Waals surface area contributed by atoms with Crippen molar-refractivity contribution in [2.24, 2.45) is 0 Å². The van der Waals surface area contributed by atoms with Gasteiger partial charge in [0, 0.05) is 43.4 Å². The van der Waals surface area contributed by atoms with Gasteiger partial charge in [0.2, 0.25) is 0 Å². The summed E-state index contributed by atoms with van der Waals surface area (Å²) in [6.45, 7) is 2.51. The number of nitrogens with zero attached hydrogens (tertiary/aromatic N) is 3. The molecule has 10 heteroatoms. The molecule has 2 fully saturated rings. The Labute approximate surface area is 176 Å². The van der Waals surface area contributed by atoms with Gasteiger partial charge in [0.05, 0.1) is 21.7 Å². The molecule has 0 unspecified atom stereocenters. The van der Waals surface area contributed by atoms with E-state index in [4.69, 9.17) is 11.6 Å². The van der Waals surface area contributed by atoms with Gasteiger partial charge in [-0.15, -0.1) is 0 Å². The van der Waals surface area contributed by atoms with Crippen molar-refractivity contribution in [3.05, 3.63) is 53.7 Å². The lowest BCUT2D eigenvalue weighted by atomic mass is 10.2. The Kier molecular flexibility index (Phi) is 5.58. The molecular weight excluding hydrogens is 434 g/mol. The van der Waals surface area contributed by atoms with Crippen LogP contribution in [0, 0.1) is 0 Å². The summed E-state index contributed by atoms with van der Waals surface area (Å²) in [5.41, 5.74) is 0. The molecule has 1 aromatic carbocycles. The van der Waals surface area contributed by atoms with Gasteiger partial charge in [-0.1, -0.05) is 17.7 Å². The minimum Gasteiger partial charge on any atom is -0.354 e. The van der Waals surface area contributed by atoms with Crippen LogP contribution in [0.25, 0.3) is 0 Å². The first-order chi connectivity index (χ1) is 13.8. The Hall–Kier alpha value is -1.68. The largest absolute Gasteiger partial charge is 0.354 e. The summed E-state index contributed by atoms with van der Waals surface area (Å²) < 4.78 is 51.2. The van der Waals surface area contributed by atoms with Crippen molar-refractivity contribution in [1.29, 1.82) is 0 Å². The molecule has 0 spiro atoms. The third kappa shape index (κ3) is 4.28. The highest BCUT2D eigenvalue weighted by Crippen LogP contribution is 2.30. The zero-order valence-corrected chi connectivity index (χ0v) is 18.1. The third-order valence-electron chi connectivity index (χ3n) is 5.57. The SMILES string of the molecule is O=S1(=O)C[C@H](N2CCN(c3ccccn3)CC2)[C@@H](S(=O)(=O)c2ccc(Cl)cc2)C1. The molecule has 29 heavy (non-hydrogen) atoms. The molecule has 0 amide bonds. The maximum atomic E-state index is 13.2. The number of rotatable bonds is 4. The van der Waals surface area contributed by atoms with E-state index >= 15 is 0 Å². The maximum Gasteiger partial charge on any atom is 0.183 e. The van der Waals surface area contributed by atoms with Crippen molar-refractivity contribution in [2.45, 2.75) is 16.2 Å². The van der Waals surface area contributed by atoms with Gasteiger partial charge in [-0.3, -0.25) is 4.90 Å². The standard InChI is InChI=1S/C19H22ClN3O4S2/c20-15-4-6-16(7-5-15)29(26,27)18-14-28(24,25)13-17(18)22-9-11-23(12-10-22)19-3-1-2-8-21-19/h1-8,17-18H,9-14H2/t17-,18-/m0/s1. The normalized spacial score (nSPS) is 25.2. The quantitative estimate of drug-likeness (QED) is 0.690. The van der Waals surface area contributed by atoms with Crippen LogP contribution >= 0.6 is 11.6 Å². The molecule has 2 aromatic rings. The summed E-state index contributed by atoms with van der Waals surface area (Å²) in [5.74, 6) is 0.397. The molecular formula is C19H22ClN3O4S2. The number of pyridine rings is 1. The Morgan fingerprint density at radius 3 is 2.28 bits per heavy atom. The van der Waals surface area contributed by atoms with E-state index in [-0.39, 0.29) is 16.4 Å². The highest BCUT2D eigenvalue weighted by atomic mass is 35.5. The van der Waals surface area contributed by atoms with E-state index in [0.29, 0.717) is 31.2 Å². The van der Waals surface area contributed by atoms with Gasteiger partial charge in [-0.2, -0.15) is 0 Å². The van der Waals surface area contributed by atoms with Crippen molar-refractivity contribution in [3.8, 4) is 0 Å². The van der Waals surface area contributed by atoms with Gasteiger partial charge in [-0.25, -0.2) is 21.8 Å².